The standard InChI is InChI=1S/C22H15ClF4N4O3S/c23-18-11-17(35(32,33)12-14-3-1-2-4-19(14)24)5-6-20(18)34-16-8-13(9-21-28-30-31-29-21)7-15(10-16)22(25,26)27/h1-8,10-11H,9,12H2,(H,28,29,30,31). The van der Waals surface area contributed by atoms with Crippen LogP contribution < -0.4 is 4.74 Å². The summed E-state index contributed by atoms with van der Waals surface area (Å²) >= 11 is 6.19. The van der Waals surface area contributed by atoms with Crippen molar-refractivity contribution in [2.75, 3.05) is 0 Å². The summed E-state index contributed by atoms with van der Waals surface area (Å²) in [5.41, 5.74) is -0.771. The average molecular weight is 527 g/mol. The fraction of sp³-hybridized carbons (Fsp3) is 0.136. The lowest BCUT2D eigenvalue weighted by Gasteiger charge is -2.14. The molecule has 1 aromatic heterocycles. The molecule has 3 aromatic carbocycles. The maximum absolute atomic E-state index is 13.9. The van der Waals surface area contributed by atoms with Gasteiger partial charge in [0.15, 0.2) is 15.7 Å². The van der Waals surface area contributed by atoms with E-state index in [0.29, 0.717) is 0 Å². The Bertz CT molecular complexity index is 1460. The first kappa shape index (κ1) is 24.6. The quantitative estimate of drug-likeness (QED) is 0.325. The van der Waals surface area contributed by atoms with Crippen LogP contribution >= 0.6 is 11.6 Å². The zero-order chi connectivity index (χ0) is 25.2. The second-order valence-electron chi connectivity index (χ2n) is 7.41. The molecule has 0 aliphatic carbocycles. The van der Waals surface area contributed by atoms with E-state index < -0.39 is 33.1 Å². The van der Waals surface area contributed by atoms with Crippen molar-refractivity contribution in [2.45, 2.75) is 23.2 Å². The van der Waals surface area contributed by atoms with Crippen molar-refractivity contribution < 1.29 is 30.7 Å². The molecule has 0 unspecified atom stereocenters. The van der Waals surface area contributed by atoms with Gasteiger partial charge in [-0.1, -0.05) is 35.0 Å². The van der Waals surface area contributed by atoms with Gasteiger partial charge in [0.05, 0.1) is 21.2 Å². The molecule has 7 nitrogen and oxygen atoms in total. The van der Waals surface area contributed by atoms with E-state index in [1.165, 1.54) is 36.4 Å². The normalized spacial score (nSPS) is 12.0. The molecule has 13 heteroatoms. The van der Waals surface area contributed by atoms with Crippen molar-refractivity contribution >= 4 is 21.4 Å². The summed E-state index contributed by atoms with van der Waals surface area (Å²) in [4.78, 5) is -0.194. The molecular formula is C22H15ClF4N4O3S. The van der Waals surface area contributed by atoms with Crippen molar-refractivity contribution in [2.24, 2.45) is 0 Å². The third-order valence-electron chi connectivity index (χ3n) is 4.84. The molecule has 182 valence electrons. The number of halogens is 5. The summed E-state index contributed by atoms with van der Waals surface area (Å²) in [7, 11) is -3.96. The van der Waals surface area contributed by atoms with Crippen molar-refractivity contribution in [1.29, 1.82) is 0 Å². The first-order valence-electron chi connectivity index (χ1n) is 9.88. The van der Waals surface area contributed by atoms with Crippen LogP contribution in [0.1, 0.15) is 22.5 Å². The number of benzene rings is 3. The molecule has 1 N–H and O–H groups in total. The third kappa shape index (κ3) is 5.95. The molecule has 0 aliphatic heterocycles. The van der Waals surface area contributed by atoms with Gasteiger partial charge in [-0.3, -0.25) is 0 Å². The number of nitrogens with one attached hydrogen (secondary N) is 1. The highest BCUT2D eigenvalue weighted by Gasteiger charge is 2.31. The predicted octanol–water partition coefficient (Wildman–Crippen LogP) is 5.37. The molecule has 0 aliphatic rings. The lowest BCUT2D eigenvalue weighted by atomic mass is 10.1. The number of rotatable bonds is 7. The van der Waals surface area contributed by atoms with Gasteiger partial charge in [0.1, 0.15) is 17.3 Å². The van der Waals surface area contributed by atoms with E-state index in [4.69, 9.17) is 16.3 Å². The largest absolute Gasteiger partial charge is 0.456 e. The van der Waals surface area contributed by atoms with E-state index >= 15 is 0 Å². The smallest absolute Gasteiger partial charge is 0.416 e. The Morgan fingerprint density at radius 1 is 1.03 bits per heavy atom. The van der Waals surface area contributed by atoms with Gasteiger partial charge in [0.2, 0.25) is 0 Å². The van der Waals surface area contributed by atoms with Crippen LogP contribution in [0, 0.1) is 5.82 Å². The van der Waals surface area contributed by atoms with Gasteiger partial charge in [0, 0.05) is 12.0 Å². The Balaban J connectivity index is 1.61. The fourth-order valence-corrected chi connectivity index (χ4v) is 4.88. The predicted molar refractivity (Wildman–Crippen MR) is 117 cm³/mol. The minimum atomic E-state index is -4.65. The third-order valence-corrected chi connectivity index (χ3v) is 6.80. The van der Waals surface area contributed by atoms with Crippen LogP contribution in [-0.4, -0.2) is 29.0 Å². The number of hydrogen-bond donors (Lipinski definition) is 1. The summed E-state index contributed by atoms with van der Waals surface area (Å²) in [6.45, 7) is 0. The van der Waals surface area contributed by atoms with Crippen LogP contribution in [-0.2, 0) is 28.2 Å². The van der Waals surface area contributed by atoms with Crippen LogP contribution in [0.15, 0.2) is 65.6 Å². The number of alkyl halides is 3. The highest BCUT2D eigenvalue weighted by molar-refractivity contribution is 7.90. The zero-order valence-corrected chi connectivity index (χ0v) is 19.1. The highest BCUT2D eigenvalue weighted by Crippen LogP contribution is 2.37. The number of aromatic amines is 1. The summed E-state index contributed by atoms with van der Waals surface area (Å²) in [6.07, 6.45) is -4.70. The Morgan fingerprint density at radius 3 is 2.46 bits per heavy atom. The van der Waals surface area contributed by atoms with Crippen LogP contribution in [0.3, 0.4) is 0 Å². The SMILES string of the molecule is O=S(=O)(Cc1ccccc1F)c1ccc(Oc2cc(Cc3nn[nH]n3)cc(C(F)(F)F)c2)c(Cl)c1. The number of hydrogen-bond acceptors (Lipinski definition) is 6. The molecule has 0 bridgehead atoms. The molecule has 0 spiro atoms. The average Bonchev–Trinajstić information content (AvgIpc) is 3.29. The second-order valence-corrected chi connectivity index (χ2v) is 9.81. The maximum Gasteiger partial charge on any atom is 0.416 e. The lowest BCUT2D eigenvalue weighted by molar-refractivity contribution is -0.137. The van der Waals surface area contributed by atoms with Crippen LogP contribution in [0.5, 0.6) is 11.5 Å². The molecule has 1 heterocycles. The zero-order valence-electron chi connectivity index (χ0n) is 17.6. The molecule has 0 radical (unpaired) electrons. The summed E-state index contributed by atoms with van der Waals surface area (Å²) in [5, 5.41) is 12.9. The van der Waals surface area contributed by atoms with Gasteiger partial charge in [-0.05, 0) is 48.0 Å². The molecule has 4 aromatic rings. The number of H-pyrrole nitrogens is 1. The second kappa shape index (κ2) is 9.62. The van der Waals surface area contributed by atoms with Crippen LogP contribution in [0.25, 0.3) is 0 Å². The molecular weight excluding hydrogens is 512 g/mol. The molecule has 0 saturated carbocycles. The topological polar surface area (TPSA) is 97.8 Å². The first-order valence-corrected chi connectivity index (χ1v) is 11.9. The number of tetrazole rings is 1. The van der Waals surface area contributed by atoms with E-state index in [2.05, 4.69) is 20.6 Å². The Hall–Kier alpha value is -3.51. The monoisotopic (exact) mass is 526 g/mol. The van der Waals surface area contributed by atoms with Crippen LogP contribution in [0.4, 0.5) is 17.6 Å². The maximum atomic E-state index is 13.9. The highest BCUT2D eigenvalue weighted by atomic mass is 35.5. The van der Waals surface area contributed by atoms with Crippen molar-refractivity contribution in [1.82, 2.24) is 20.6 Å². The molecule has 4 rings (SSSR count). The van der Waals surface area contributed by atoms with Gasteiger partial charge >= 0.3 is 6.18 Å². The fourth-order valence-electron chi connectivity index (χ4n) is 3.21. The van der Waals surface area contributed by atoms with Gasteiger partial charge < -0.3 is 4.74 Å². The van der Waals surface area contributed by atoms with E-state index in [1.54, 1.807) is 0 Å². The molecule has 35 heavy (non-hydrogen) atoms. The van der Waals surface area contributed by atoms with E-state index in [0.717, 1.165) is 24.3 Å². The summed E-state index contributed by atoms with van der Waals surface area (Å²) in [5.74, 6) is -1.33. The van der Waals surface area contributed by atoms with E-state index in [9.17, 15) is 26.0 Å². The van der Waals surface area contributed by atoms with Crippen molar-refractivity contribution in [3.8, 4) is 11.5 Å². The van der Waals surface area contributed by atoms with Crippen molar-refractivity contribution in [3.05, 3.63) is 94.0 Å². The van der Waals surface area contributed by atoms with Gasteiger partial charge in [0.25, 0.3) is 0 Å². The van der Waals surface area contributed by atoms with E-state index in [1.807, 2.05) is 0 Å². The summed E-state index contributed by atoms with van der Waals surface area (Å²) in [6, 6.07) is 12.0. The molecule has 0 atom stereocenters. The number of nitrogens with zero attached hydrogens (tertiary/aromatic N) is 3. The number of ether oxygens (including phenoxy) is 1. The summed E-state index contributed by atoms with van der Waals surface area (Å²) < 4.78 is 85.1. The minimum Gasteiger partial charge on any atom is -0.456 e. The van der Waals surface area contributed by atoms with Crippen LogP contribution in [0.2, 0.25) is 5.02 Å². The van der Waals surface area contributed by atoms with Gasteiger partial charge in [-0.25, -0.2) is 12.8 Å². The van der Waals surface area contributed by atoms with Crippen molar-refractivity contribution in [3.63, 3.8) is 0 Å². The molecule has 0 fully saturated rings. The lowest BCUT2D eigenvalue weighted by Crippen LogP contribution is -2.07. The number of aromatic nitrogens is 4. The van der Waals surface area contributed by atoms with Gasteiger partial charge in [-0.2, -0.15) is 18.4 Å². The minimum absolute atomic E-state index is 0.0120. The molecule has 0 saturated heterocycles. The van der Waals surface area contributed by atoms with Gasteiger partial charge in [-0.15, -0.1) is 10.2 Å². The Morgan fingerprint density at radius 2 is 1.80 bits per heavy atom. The molecule has 0 amide bonds. The Kier molecular flexibility index (Phi) is 6.77. The number of sulfone groups is 1. The van der Waals surface area contributed by atoms with E-state index in [-0.39, 0.29) is 44.8 Å². The first-order chi connectivity index (χ1) is 16.5. The Labute approximate surface area is 201 Å².